The molecule has 42 heavy (non-hydrogen) atoms. The number of pyridine rings is 1. The molecule has 218 valence electrons. The van der Waals surface area contributed by atoms with Crippen LogP contribution >= 0.6 is 11.3 Å². The number of thiazole rings is 1. The van der Waals surface area contributed by atoms with Crippen molar-refractivity contribution in [2.45, 2.75) is 59.1 Å². The Bertz CT molecular complexity index is 1610. The van der Waals surface area contributed by atoms with Crippen LogP contribution in [0.1, 0.15) is 71.7 Å². The van der Waals surface area contributed by atoms with Gasteiger partial charge >= 0.3 is 11.9 Å². The Hall–Kier alpha value is -4.31. The van der Waals surface area contributed by atoms with Crippen molar-refractivity contribution in [2.24, 2.45) is 0 Å². The third kappa shape index (κ3) is 6.76. The molecule has 0 aliphatic carbocycles. The number of anilines is 2. The van der Waals surface area contributed by atoms with E-state index in [-0.39, 0.29) is 24.0 Å². The molecule has 0 radical (unpaired) electrons. The van der Waals surface area contributed by atoms with Gasteiger partial charge in [0.1, 0.15) is 11.4 Å². The van der Waals surface area contributed by atoms with Gasteiger partial charge in [-0.05, 0) is 81.5 Å². The minimum absolute atomic E-state index is 0.134. The van der Waals surface area contributed by atoms with Crippen LogP contribution in [0.25, 0.3) is 10.2 Å². The summed E-state index contributed by atoms with van der Waals surface area (Å²) in [6, 6.07) is 17.2. The van der Waals surface area contributed by atoms with Crippen LogP contribution in [0.15, 0.2) is 54.6 Å². The van der Waals surface area contributed by atoms with E-state index in [1.807, 2.05) is 54.6 Å². The summed E-state index contributed by atoms with van der Waals surface area (Å²) < 4.78 is 11.7. The van der Waals surface area contributed by atoms with Crippen LogP contribution in [0.2, 0.25) is 0 Å². The number of rotatable bonds is 8. The van der Waals surface area contributed by atoms with Crippen molar-refractivity contribution < 1.29 is 23.9 Å². The van der Waals surface area contributed by atoms with E-state index in [1.165, 1.54) is 11.3 Å². The number of carbonyl (C=O) groups is 3. The van der Waals surface area contributed by atoms with Crippen molar-refractivity contribution in [3.63, 3.8) is 0 Å². The summed E-state index contributed by atoms with van der Waals surface area (Å²) in [5.74, 6) is -0.496. The molecule has 1 aliphatic rings. The number of aromatic nitrogens is 2. The van der Waals surface area contributed by atoms with E-state index in [0.717, 1.165) is 21.3 Å². The van der Waals surface area contributed by atoms with Crippen molar-refractivity contribution in [1.82, 2.24) is 9.97 Å². The summed E-state index contributed by atoms with van der Waals surface area (Å²) in [6.45, 7) is 8.57. The van der Waals surface area contributed by atoms with Crippen LogP contribution in [0.3, 0.4) is 0 Å². The number of nitrogens with zero attached hydrogens (tertiary/aromatic N) is 3. The summed E-state index contributed by atoms with van der Waals surface area (Å²) in [4.78, 5) is 49.9. The van der Waals surface area contributed by atoms with Crippen molar-refractivity contribution in [1.29, 1.82) is 0 Å². The highest BCUT2D eigenvalue weighted by molar-refractivity contribution is 7.22. The molecule has 9 nitrogen and oxygen atoms in total. The van der Waals surface area contributed by atoms with Gasteiger partial charge in [0.2, 0.25) is 0 Å². The number of aryl methyl sites for hydroxylation is 1. The monoisotopic (exact) mass is 586 g/mol. The molecule has 10 heteroatoms. The molecule has 0 atom stereocenters. The number of para-hydroxylation sites is 1. The first-order valence-electron chi connectivity index (χ1n) is 14.0. The first-order chi connectivity index (χ1) is 20.1. The van der Waals surface area contributed by atoms with Gasteiger partial charge in [-0.15, -0.1) is 0 Å². The zero-order valence-electron chi connectivity index (χ0n) is 24.2. The molecule has 2 aromatic carbocycles. The fourth-order valence-electron chi connectivity index (χ4n) is 4.91. The zero-order valence-corrected chi connectivity index (χ0v) is 25.0. The Balaban J connectivity index is 1.40. The van der Waals surface area contributed by atoms with Gasteiger partial charge in [0.05, 0.1) is 16.8 Å². The predicted octanol–water partition coefficient (Wildman–Crippen LogP) is 5.96. The maximum absolute atomic E-state index is 13.4. The fraction of sp³-hybridized carbons (Fsp3) is 0.344. The van der Waals surface area contributed by atoms with Gasteiger partial charge in [0, 0.05) is 25.1 Å². The Morgan fingerprint density at radius 2 is 1.83 bits per heavy atom. The molecule has 1 aliphatic heterocycles. The van der Waals surface area contributed by atoms with Crippen LogP contribution in [-0.4, -0.2) is 46.6 Å². The number of hydrogen-bond acceptors (Lipinski definition) is 9. The minimum Gasteiger partial charge on any atom is -0.466 e. The summed E-state index contributed by atoms with van der Waals surface area (Å²) in [7, 11) is 0. The van der Waals surface area contributed by atoms with Crippen molar-refractivity contribution in [2.75, 3.05) is 23.4 Å². The first kappa shape index (κ1) is 29.2. The van der Waals surface area contributed by atoms with Crippen LogP contribution in [0.4, 0.5) is 10.9 Å². The smallest absolute Gasteiger partial charge is 0.357 e. The van der Waals surface area contributed by atoms with E-state index < -0.39 is 11.6 Å². The molecule has 0 unspecified atom stereocenters. The number of carbonyl (C=O) groups excluding carboxylic acids is 3. The number of nitrogens with one attached hydrogen (secondary N) is 1. The molecule has 0 bridgehead atoms. The molecular formula is C32H34N4O5S. The standard InChI is InChI=1S/C32H34N4O5S/c1-5-40-27(37)16-14-21-13-15-26(34-28(21)30(39)41-32(2,3)4)36-18-17-20-9-8-10-22(23(20)19-36)29(38)35-31-33-24-11-6-7-12-25(24)42-31/h6-13,15H,5,14,16-19H2,1-4H3,(H,33,35,38). The largest absolute Gasteiger partial charge is 0.466 e. The molecule has 1 amide bonds. The lowest BCUT2D eigenvalue weighted by Gasteiger charge is -2.31. The lowest BCUT2D eigenvalue weighted by molar-refractivity contribution is -0.143. The lowest BCUT2D eigenvalue weighted by Crippen LogP contribution is -2.33. The van der Waals surface area contributed by atoms with Gasteiger partial charge < -0.3 is 14.4 Å². The van der Waals surface area contributed by atoms with Crippen LogP contribution in [0.5, 0.6) is 0 Å². The van der Waals surface area contributed by atoms with Crippen LogP contribution in [-0.2, 0) is 33.7 Å². The average Bonchev–Trinajstić information content (AvgIpc) is 3.37. The maximum Gasteiger partial charge on any atom is 0.357 e. The molecule has 0 saturated carbocycles. The van der Waals surface area contributed by atoms with Gasteiger partial charge in [0.15, 0.2) is 10.8 Å². The van der Waals surface area contributed by atoms with E-state index in [0.29, 0.717) is 54.6 Å². The lowest BCUT2D eigenvalue weighted by atomic mass is 9.94. The van der Waals surface area contributed by atoms with Gasteiger partial charge in [0.25, 0.3) is 5.91 Å². The second-order valence-corrected chi connectivity index (χ2v) is 12.1. The second kappa shape index (κ2) is 12.3. The Morgan fingerprint density at radius 1 is 1.02 bits per heavy atom. The van der Waals surface area contributed by atoms with Crippen molar-refractivity contribution in [3.05, 3.63) is 82.5 Å². The number of fused-ring (bicyclic) bond motifs is 2. The third-order valence-corrected chi connectivity index (χ3v) is 7.77. The van der Waals surface area contributed by atoms with E-state index >= 15 is 0 Å². The molecule has 5 rings (SSSR count). The Morgan fingerprint density at radius 3 is 2.60 bits per heavy atom. The highest BCUT2D eigenvalue weighted by Crippen LogP contribution is 2.30. The molecule has 4 aromatic rings. The SMILES string of the molecule is CCOC(=O)CCc1ccc(N2CCc3cccc(C(=O)Nc4nc5ccccc5s4)c3C2)nc1C(=O)OC(C)(C)C. The average molecular weight is 587 g/mol. The van der Waals surface area contributed by atoms with E-state index in [9.17, 15) is 14.4 Å². The van der Waals surface area contributed by atoms with Gasteiger partial charge in [-0.25, -0.2) is 14.8 Å². The summed E-state index contributed by atoms with van der Waals surface area (Å²) in [5.41, 5.74) is 3.53. The Labute approximate surface area is 248 Å². The minimum atomic E-state index is -0.706. The maximum atomic E-state index is 13.4. The number of benzene rings is 2. The van der Waals surface area contributed by atoms with Gasteiger partial charge in [-0.1, -0.05) is 41.7 Å². The topological polar surface area (TPSA) is 111 Å². The summed E-state index contributed by atoms with van der Waals surface area (Å²) in [6.07, 6.45) is 1.15. The molecular weight excluding hydrogens is 552 g/mol. The van der Waals surface area contributed by atoms with E-state index in [1.54, 1.807) is 27.7 Å². The molecule has 0 saturated heterocycles. The summed E-state index contributed by atoms with van der Waals surface area (Å²) >= 11 is 1.44. The van der Waals surface area contributed by atoms with Gasteiger partial charge in [-0.3, -0.25) is 14.9 Å². The quantitative estimate of drug-likeness (QED) is 0.252. The van der Waals surface area contributed by atoms with Crippen LogP contribution < -0.4 is 10.2 Å². The highest BCUT2D eigenvalue weighted by Gasteiger charge is 2.27. The predicted molar refractivity (Wildman–Crippen MR) is 163 cm³/mol. The highest BCUT2D eigenvalue weighted by atomic mass is 32.1. The molecule has 0 spiro atoms. The Kier molecular flexibility index (Phi) is 8.54. The van der Waals surface area contributed by atoms with E-state index in [4.69, 9.17) is 14.5 Å². The molecule has 0 fully saturated rings. The second-order valence-electron chi connectivity index (χ2n) is 11.0. The fourth-order valence-corrected chi connectivity index (χ4v) is 5.77. The molecule has 2 aromatic heterocycles. The number of ether oxygens (including phenoxy) is 2. The van der Waals surface area contributed by atoms with Crippen molar-refractivity contribution >= 4 is 50.3 Å². The zero-order chi connectivity index (χ0) is 29.9. The van der Waals surface area contributed by atoms with Crippen LogP contribution in [0, 0.1) is 0 Å². The van der Waals surface area contributed by atoms with Crippen molar-refractivity contribution in [3.8, 4) is 0 Å². The molecule has 3 heterocycles. The number of hydrogen-bond donors (Lipinski definition) is 1. The normalized spacial score (nSPS) is 13.0. The van der Waals surface area contributed by atoms with Gasteiger partial charge in [-0.2, -0.15) is 0 Å². The number of esters is 2. The first-order valence-corrected chi connectivity index (χ1v) is 14.8. The third-order valence-electron chi connectivity index (χ3n) is 6.82. The van der Waals surface area contributed by atoms with E-state index in [2.05, 4.69) is 15.2 Å². The molecule has 1 N–H and O–H groups in total. The summed E-state index contributed by atoms with van der Waals surface area (Å²) in [5, 5.41) is 3.52. The number of amides is 1.